The molecule has 0 fully saturated rings. The number of ether oxygens (including phenoxy) is 2. The van der Waals surface area contributed by atoms with Crippen molar-refractivity contribution in [2.24, 2.45) is 0 Å². The zero-order valence-electron chi connectivity index (χ0n) is 13.6. The number of hydrogen-bond donors (Lipinski definition) is 2. The average Bonchev–Trinajstić information content (AvgIpc) is 3.13. The first kappa shape index (κ1) is 18.8. The molecule has 7 nitrogen and oxygen atoms in total. The van der Waals surface area contributed by atoms with Crippen LogP contribution in [0, 0.1) is 0 Å². The number of nitrogens with one attached hydrogen (secondary N) is 2. The molecule has 3 aromatic rings. The van der Waals surface area contributed by atoms with Gasteiger partial charge >= 0.3 is 0 Å². The summed E-state index contributed by atoms with van der Waals surface area (Å²) in [7, 11) is 1.58. The van der Waals surface area contributed by atoms with Crippen molar-refractivity contribution in [3.63, 3.8) is 0 Å². The first-order valence-electron chi connectivity index (χ1n) is 7.47. The van der Waals surface area contributed by atoms with E-state index in [2.05, 4.69) is 41.9 Å². The molecule has 0 radical (unpaired) electrons. The molecular formula is C16H14BrCl2N5O2. The predicted molar refractivity (Wildman–Crippen MR) is 103 cm³/mol. The highest BCUT2D eigenvalue weighted by atomic mass is 79.9. The van der Waals surface area contributed by atoms with Gasteiger partial charge in [-0.05, 0) is 51.0 Å². The molecule has 0 aliphatic heterocycles. The normalized spacial score (nSPS) is 10.6. The Morgan fingerprint density at radius 2 is 2.08 bits per heavy atom. The maximum Gasteiger partial charge on any atom is 0.263 e. The van der Waals surface area contributed by atoms with E-state index in [-0.39, 0.29) is 6.61 Å². The first-order valence-corrected chi connectivity index (χ1v) is 9.02. The van der Waals surface area contributed by atoms with Gasteiger partial charge in [0.25, 0.3) is 5.95 Å². The highest BCUT2D eigenvalue weighted by molar-refractivity contribution is 9.10. The fraction of sp³-hybridized carbons (Fsp3) is 0.188. The molecule has 0 saturated heterocycles. The Hall–Kier alpha value is -2.03. The largest absolute Gasteiger partial charge is 0.493 e. The molecule has 1 heterocycles. The van der Waals surface area contributed by atoms with Crippen LogP contribution in [0.5, 0.6) is 11.5 Å². The molecule has 0 atom stereocenters. The molecule has 0 saturated carbocycles. The molecule has 3 rings (SSSR count). The zero-order chi connectivity index (χ0) is 18.5. The van der Waals surface area contributed by atoms with Crippen LogP contribution in [0.1, 0.15) is 11.1 Å². The number of benzene rings is 2. The summed E-state index contributed by atoms with van der Waals surface area (Å²) in [6, 6.07) is 9.07. The van der Waals surface area contributed by atoms with Gasteiger partial charge in [-0.25, -0.2) is 0 Å². The SMILES string of the molecule is COc1cc(CNc2nn[nH]n2)cc(Br)c1OCc1ccc(Cl)cc1Cl. The second kappa shape index (κ2) is 8.57. The Balaban J connectivity index is 1.74. The second-order valence-electron chi connectivity index (χ2n) is 5.22. The van der Waals surface area contributed by atoms with Crippen LogP contribution in [-0.4, -0.2) is 27.7 Å². The average molecular weight is 459 g/mol. The highest BCUT2D eigenvalue weighted by Crippen LogP contribution is 2.37. The van der Waals surface area contributed by atoms with E-state index >= 15 is 0 Å². The van der Waals surface area contributed by atoms with Gasteiger partial charge in [-0.2, -0.15) is 5.21 Å². The maximum absolute atomic E-state index is 6.19. The van der Waals surface area contributed by atoms with E-state index in [1.54, 1.807) is 19.2 Å². The summed E-state index contributed by atoms with van der Waals surface area (Å²) in [5.74, 6) is 1.59. The van der Waals surface area contributed by atoms with Gasteiger partial charge in [-0.15, -0.1) is 5.10 Å². The number of H-pyrrole nitrogens is 1. The standard InChI is InChI=1S/C16H14BrCl2N5O2/c1-25-14-5-9(7-20-16-21-23-24-22-16)4-12(17)15(14)26-8-10-2-3-11(18)6-13(10)19/h2-6H,7-8H2,1H3,(H2,20,21,22,23,24). The summed E-state index contributed by atoms with van der Waals surface area (Å²) in [5.41, 5.74) is 1.78. The van der Waals surface area contributed by atoms with Crippen LogP contribution in [0.25, 0.3) is 0 Å². The van der Waals surface area contributed by atoms with Crippen LogP contribution in [0.4, 0.5) is 5.95 Å². The predicted octanol–water partition coefficient (Wildman–Crippen LogP) is 4.47. The van der Waals surface area contributed by atoms with E-state index in [0.717, 1.165) is 15.6 Å². The van der Waals surface area contributed by atoms with Crippen molar-refractivity contribution >= 4 is 45.1 Å². The number of rotatable bonds is 7. The third-order valence-corrected chi connectivity index (χ3v) is 4.65. The molecule has 136 valence electrons. The topological polar surface area (TPSA) is 85.0 Å². The van der Waals surface area contributed by atoms with Crippen molar-refractivity contribution in [1.82, 2.24) is 20.6 Å². The minimum atomic E-state index is 0.283. The quantitative estimate of drug-likeness (QED) is 0.543. The molecule has 26 heavy (non-hydrogen) atoms. The van der Waals surface area contributed by atoms with Gasteiger partial charge in [0.05, 0.1) is 11.6 Å². The summed E-state index contributed by atoms with van der Waals surface area (Å²) in [6.07, 6.45) is 0. The monoisotopic (exact) mass is 457 g/mol. The lowest BCUT2D eigenvalue weighted by atomic mass is 10.2. The van der Waals surface area contributed by atoms with Gasteiger partial charge in [0.2, 0.25) is 0 Å². The van der Waals surface area contributed by atoms with E-state index in [1.165, 1.54) is 0 Å². The summed E-state index contributed by atoms with van der Waals surface area (Å²) >= 11 is 15.6. The van der Waals surface area contributed by atoms with Gasteiger partial charge in [0.1, 0.15) is 6.61 Å². The third kappa shape index (κ3) is 4.57. The Morgan fingerprint density at radius 3 is 2.77 bits per heavy atom. The smallest absolute Gasteiger partial charge is 0.263 e. The molecule has 0 aliphatic carbocycles. The van der Waals surface area contributed by atoms with E-state index in [9.17, 15) is 0 Å². The summed E-state index contributed by atoms with van der Waals surface area (Å²) in [4.78, 5) is 0. The zero-order valence-corrected chi connectivity index (χ0v) is 16.7. The van der Waals surface area contributed by atoms with Crippen molar-refractivity contribution in [3.05, 3.63) is 56.0 Å². The number of halogens is 3. The van der Waals surface area contributed by atoms with E-state index < -0.39 is 0 Å². The van der Waals surface area contributed by atoms with Gasteiger partial charge in [-0.1, -0.05) is 34.4 Å². The molecular weight excluding hydrogens is 445 g/mol. The molecule has 2 aromatic carbocycles. The van der Waals surface area contributed by atoms with Gasteiger partial charge in [0.15, 0.2) is 11.5 Å². The molecule has 2 N–H and O–H groups in total. The first-order chi connectivity index (χ1) is 12.6. The number of aromatic amines is 1. The number of anilines is 1. The van der Waals surface area contributed by atoms with Crippen molar-refractivity contribution < 1.29 is 9.47 Å². The lowest BCUT2D eigenvalue weighted by Gasteiger charge is -2.15. The van der Waals surface area contributed by atoms with Gasteiger partial charge in [0, 0.05) is 22.2 Å². The van der Waals surface area contributed by atoms with Gasteiger partial charge in [-0.3, -0.25) is 0 Å². The Bertz CT molecular complexity index is 893. The van der Waals surface area contributed by atoms with Crippen molar-refractivity contribution in [1.29, 1.82) is 0 Å². The lowest BCUT2D eigenvalue weighted by Crippen LogP contribution is -2.04. The Morgan fingerprint density at radius 1 is 1.23 bits per heavy atom. The molecule has 0 spiro atoms. The number of hydrogen-bond acceptors (Lipinski definition) is 6. The fourth-order valence-electron chi connectivity index (χ4n) is 2.22. The van der Waals surface area contributed by atoms with Crippen LogP contribution in [-0.2, 0) is 13.2 Å². The lowest BCUT2D eigenvalue weighted by molar-refractivity contribution is 0.282. The summed E-state index contributed by atoms with van der Waals surface area (Å²) in [5, 5.41) is 17.7. The molecule has 0 unspecified atom stereocenters. The number of methoxy groups -OCH3 is 1. The number of tetrazole rings is 1. The molecule has 1 aromatic heterocycles. The van der Waals surface area contributed by atoms with Crippen LogP contribution >= 0.6 is 39.1 Å². The van der Waals surface area contributed by atoms with E-state index in [0.29, 0.717) is 34.0 Å². The maximum atomic E-state index is 6.19. The molecule has 0 aliphatic rings. The van der Waals surface area contributed by atoms with E-state index in [1.807, 2.05) is 18.2 Å². The number of nitrogens with zero attached hydrogens (tertiary/aromatic N) is 3. The highest BCUT2D eigenvalue weighted by Gasteiger charge is 2.13. The third-order valence-electron chi connectivity index (χ3n) is 3.47. The van der Waals surface area contributed by atoms with E-state index in [4.69, 9.17) is 32.7 Å². The minimum absolute atomic E-state index is 0.283. The van der Waals surface area contributed by atoms with Crippen molar-refractivity contribution in [2.75, 3.05) is 12.4 Å². The molecule has 10 heteroatoms. The summed E-state index contributed by atoms with van der Waals surface area (Å²) in [6.45, 7) is 0.781. The van der Waals surface area contributed by atoms with Crippen molar-refractivity contribution in [2.45, 2.75) is 13.2 Å². The van der Waals surface area contributed by atoms with Crippen LogP contribution < -0.4 is 14.8 Å². The van der Waals surface area contributed by atoms with Crippen LogP contribution in [0.15, 0.2) is 34.8 Å². The minimum Gasteiger partial charge on any atom is -0.493 e. The van der Waals surface area contributed by atoms with Crippen LogP contribution in [0.2, 0.25) is 10.0 Å². The van der Waals surface area contributed by atoms with Gasteiger partial charge < -0.3 is 14.8 Å². The second-order valence-corrected chi connectivity index (χ2v) is 6.92. The number of aromatic nitrogens is 4. The Labute approximate surface area is 168 Å². The summed E-state index contributed by atoms with van der Waals surface area (Å²) < 4.78 is 12.1. The molecule has 0 amide bonds. The van der Waals surface area contributed by atoms with Crippen LogP contribution in [0.3, 0.4) is 0 Å². The Kier molecular flexibility index (Phi) is 6.18. The fourth-order valence-corrected chi connectivity index (χ4v) is 3.29. The van der Waals surface area contributed by atoms with Crippen molar-refractivity contribution in [3.8, 4) is 11.5 Å². The molecule has 0 bridgehead atoms.